The van der Waals surface area contributed by atoms with Crippen molar-refractivity contribution in [3.8, 4) is 0 Å². The lowest BCUT2D eigenvalue weighted by Gasteiger charge is -2.08. The summed E-state index contributed by atoms with van der Waals surface area (Å²) in [5, 5.41) is 0. The van der Waals surface area contributed by atoms with Crippen LogP contribution in [0.2, 0.25) is 0 Å². The first-order valence-corrected chi connectivity index (χ1v) is 6.64. The largest absolute Gasteiger partial charge is 0.741 e. The summed E-state index contributed by atoms with van der Waals surface area (Å²) in [4.78, 5) is 0.590. The molecule has 1 aromatic rings. The second-order valence-electron chi connectivity index (χ2n) is 3.56. The summed E-state index contributed by atoms with van der Waals surface area (Å²) in [5.41, 5.74) is -4.68. The van der Waals surface area contributed by atoms with Gasteiger partial charge in [-0.2, -0.15) is 13.2 Å². The third-order valence-electron chi connectivity index (χ3n) is 1.95. The van der Waals surface area contributed by atoms with Crippen LogP contribution in [-0.4, -0.2) is 32.7 Å². The lowest BCUT2D eigenvalue weighted by molar-refractivity contribution is -0.857. The van der Waals surface area contributed by atoms with Gasteiger partial charge in [-0.1, -0.05) is 0 Å². The van der Waals surface area contributed by atoms with Crippen LogP contribution in [0.4, 0.5) is 17.7 Å². The minimum absolute atomic E-state index is 0.258. The molecule has 0 saturated heterocycles. The molecular weight excluding hydrogens is 322 g/mol. The zero-order valence-corrected chi connectivity index (χ0v) is 11.9. The summed E-state index contributed by atoms with van der Waals surface area (Å²) in [6, 6.07) is 5.12. The molecule has 0 aliphatic carbocycles. The van der Waals surface area contributed by atoms with Crippen molar-refractivity contribution < 1.29 is 44.9 Å². The molecule has 122 valence electrons. The number of aromatic nitrogens is 1. The second kappa shape index (κ2) is 8.22. The van der Waals surface area contributed by atoms with Gasteiger partial charge in [0.25, 0.3) is 11.4 Å². The predicted octanol–water partition coefficient (Wildman–Crippen LogP) is 1.05. The van der Waals surface area contributed by atoms with Gasteiger partial charge < -0.3 is 14.0 Å². The van der Waals surface area contributed by atoms with E-state index in [1.54, 1.807) is 18.2 Å². The van der Waals surface area contributed by atoms with Crippen LogP contribution in [0, 0.1) is 0 Å². The van der Waals surface area contributed by atoms with Gasteiger partial charge >= 0.3 is 5.51 Å². The van der Waals surface area contributed by atoms with E-state index >= 15 is 0 Å². The maximum absolute atomic E-state index is 13.4. The van der Waals surface area contributed by atoms with Gasteiger partial charge in [0.15, 0.2) is 10.1 Å². The number of hydrogen-bond acceptors (Lipinski definition) is 5. The Kier molecular flexibility index (Phi) is 7.71. The fourth-order valence-corrected chi connectivity index (χ4v) is 1.09. The van der Waals surface area contributed by atoms with Crippen molar-refractivity contribution >= 4 is 10.1 Å². The Balaban J connectivity index is 0.000000433. The quantitative estimate of drug-likeness (QED) is 0.467. The Morgan fingerprint density at radius 2 is 1.48 bits per heavy atom. The zero-order valence-electron chi connectivity index (χ0n) is 11.1. The van der Waals surface area contributed by atoms with Crippen LogP contribution in [0.3, 0.4) is 0 Å². The Morgan fingerprint density at radius 3 is 1.71 bits per heavy atom. The van der Waals surface area contributed by atoms with Crippen molar-refractivity contribution in [3.05, 3.63) is 29.6 Å². The maximum Gasteiger partial charge on any atom is 0.485 e. The van der Waals surface area contributed by atoms with E-state index in [0.29, 0.717) is 16.2 Å². The molecule has 6 nitrogen and oxygen atoms in total. The summed E-state index contributed by atoms with van der Waals surface area (Å²) in [6.07, 6.45) is 0. The number of ether oxygens (including phenoxy) is 2. The molecule has 0 aliphatic rings. The van der Waals surface area contributed by atoms with Gasteiger partial charge in [0.2, 0.25) is 0 Å². The normalized spacial score (nSPS) is 11.8. The molecule has 0 spiro atoms. The molecule has 1 aromatic heterocycles. The Labute approximate surface area is 118 Å². The second-order valence-corrected chi connectivity index (χ2v) is 4.93. The molecule has 1 heterocycles. The molecule has 0 aliphatic heterocycles. The molecule has 0 atom stereocenters. The summed E-state index contributed by atoms with van der Waals surface area (Å²) in [6.45, 7) is 0.516. The number of methoxy groups -OCH3 is 2. The molecule has 0 fully saturated rings. The van der Waals surface area contributed by atoms with Gasteiger partial charge in [-0.3, -0.25) is 0 Å². The lowest BCUT2D eigenvalue weighted by atomic mass is 10.3. The standard InChI is InChI=1S/C9H13FNO2.CHF3O3S/c1-12-6-8-4-3-5-9(7-13-2)11(8)10;2-1(3,4)8(5,6)7/h3-5H,6-7H2,1-2H3;(H,5,6,7)/q+1;/p-1. The summed E-state index contributed by atoms with van der Waals surface area (Å²) < 4.78 is 82.0. The Hall–Kier alpha value is -1.30. The molecule has 0 bridgehead atoms. The minimum atomic E-state index is -6.09. The van der Waals surface area contributed by atoms with E-state index in [4.69, 9.17) is 22.4 Å². The fraction of sp³-hybridized carbons (Fsp3) is 0.500. The molecule has 0 amide bonds. The van der Waals surface area contributed by atoms with Crippen molar-refractivity contribution in [2.75, 3.05) is 14.2 Å². The van der Waals surface area contributed by atoms with Gasteiger partial charge in [-0.15, -0.1) is 0 Å². The number of halogens is 4. The van der Waals surface area contributed by atoms with Gasteiger partial charge in [0.05, 0.1) is 4.48 Å². The van der Waals surface area contributed by atoms with Crippen molar-refractivity contribution in [2.24, 2.45) is 0 Å². The average molecular weight is 335 g/mol. The van der Waals surface area contributed by atoms with E-state index in [2.05, 4.69) is 0 Å². The highest BCUT2D eigenvalue weighted by Crippen LogP contribution is 2.20. The van der Waals surface area contributed by atoms with E-state index < -0.39 is 15.6 Å². The first-order chi connectivity index (χ1) is 9.54. The molecule has 0 aromatic carbocycles. The molecule has 21 heavy (non-hydrogen) atoms. The monoisotopic (exact) mass is 335 g/mol. The Morgan fingerprint density at radius 1 is 1.14 bits per heavy atom. The van der Waals surface area contributed by atoms with E-state index in [1.807, 2.05) is 0 Å². The highest BCUT2D eigenvalue weighted by atomic mass is 32.2. The van der Waals surface area contributed by atoms with Crippen molar-refractivity contribution in [1.29, 1.82) is 0 Å². The van der Waals surface area contributed by atoms with Crippen molar-refractivity contribution in [2.45, 2.75) is 18.7 Å². The van der Waals surface area contributed by atoms with Gasteiger partial charge in [-0.05, 0) is 6.07 Å². The van der Waals surface area contributed by atoms with Crippen LogP contribution in [-0.2, 0) is 32.8 Å². The van der Waals surface area contributed by atoms with E-state index in [9.17, 15) is 17.7 Å². The van der Waals surface area contributed by atoms with Crippen LogP contribution >= 0.6 is 0 Å². The summed E-state index contributed by atoms with van der Waals surface area (Å²) in [5.74, 6) is 0. The SMILES string of the molecule is COCc1cccc(COC)[n+]1F.O=S(=O)([O-])C(F)(F)F. The molecule has 0 radical (unpaired) electrons. The van der Waals surface area contributed by atoms with E-state index in [0.717, 1.165) is 0 Å². The third kappa shape index (κ3) is 6.80. The third-order valence-corrected chi connectivity index (χ3v) is 2.52. The fourth-order valence-electron chi connectivity index (χ4n) is 1.09. The number of hydrogen-bond donors (Lipinski definition) is 0. The molecule has 0 saturated carbocycles. The highest BCUT2D eigenvalue weighted by Gasteiger charge is 2.36. The van der Waals surface area contributed by atoms with Gasteiger partial charge in [0.1, 0.15) is 13.2 Å². The minimum Gasteiger partial charge on any atom is -0.741 e. The van der Waals surface area contributed by atoms with Crippen LogP contribution < -0.4 is 4.79 Å². The van der Waals surface area contributed by atoms with Crippen molar-refractivity contribution in [1.82, 2.24) is 0 Å². The van der Waals surface area contributed by atoms with E-state index in [1.165, 1.54) is 14.2 Å². The topological polar surface area (TPSA) is 79.5 Å². The predicted molar refractivity (Wildman–Crippen MR) is 60.3 cm³/mol. The zero-order chi connectivity index (χ0) is 16.7. The smallest absolute Gasteiger partial charge is 0.485 e. The molecule has 0 unspecified atom stereocenters. The molecule has 0 N–H and O–H groups in total. The first kappa shape index (κ1) is 19.7. The van der Waals surface area contributed by atoms with E-state index in [-0.39, 0.29) is 13.2 Å². The summed E-state index contributed by atoms with van der Waals surface area (Å²) >= 11 is 0. The van der Waals surface area contributed by atoms with Crippen LogP contribution in [0.1, 0.15) is 11.4 Å². The van der Waals surface area contributed by atoms with Gasteiger partial charge in [-0.25, -0.2) is 8.42 Å². The van der Waals surface area contributed by atoms with Gasteiger partial charge in [0, 0.05) is 31.1 Å². The maximum atomic E-state index is 13.4. The number of pyridine rings is 1. The van der Waals surface area contributed by atoms with Crippen molar-refractivity contribution in [3.63, 3.8) is 0 Å². The lowest BCUT2D eigenvalue weighted by Crippen LogP contribution is -2.34. The number of alkyl halides is 3. The average Bonchev–Trinajstić information content (AvgIpc) is 2.33. The molecule has 1 rings (SSSR count). The Bertz CT molecular complexity index is 523. The number of rotatable bonds is 4. The summed E-state index contributed by atoms with van der Waals surface area (Å²) in [7, 11) is -3.03. The number of nitrogens with zero attached hydrogens (tertiary/aromatic N) is 1. The highest BCUT2D eigenvalue weighted by molar-refractivity contribution is 7.86. The molecular formula is C10H13F4NO5S. The first-order valence-electron chi connectivity index (χ1n) is 5.23. The molecule has 11 heteroatoms. The van der Waals surface area contributed by atoms with Crippen LogP contribution in [0.25, 0.3) is 0 Å². The van der Waals surface area contributed by atoms with Crippen LogP contribution in [0.15, 0.2) is 18.2 Å². The van der Waals surface area contributed by atoms with Crippen LogP contribution in [0.5, 0.6) is 0 Å².